The summed E-state index contributed by atoms with van der Waals surface area (Å²) in [5, 5.41) is 4.07. The molecule has 0 aliphatic carbocycles. The molecule has 1 rings (SSSR count). The van der Waals surface area contributed by atoms with Gasteiger partial charge >= 0.3 is 0 Å². The number of alkyl halides is 1. The fourth-order valence-electron chi connectivity index (χ4n) is 0.470. The Morgan fingerprint density at radius 2 is 2.44 bits per heavy atom. The van der Waals surface area contributed by atoms with Gasteiger partial charge in [0.2, 0.25) is 0 Å². The minimum Gasteiger partial charge on any atom is -0.246 e. The number of aromatic nitrogens is 1. The summed E-state index contributed by atoms with van der Waals surface area (Å²) >= 11 is 5.00. The van der Waals surface area contributed by atoms with Crippen LogP contribution in [-0.4, -0.2) is 4.98 Å². The van der Waals surface area contributed by atoms with Crippen molar-refractivity contribution < 1.29 is 0 Å². The molecule has 0 fully saturated rings. The Morgan fingerprint density at radius 1 is 1.78 bits per heavy atom. The van der Waals surface area contributed by atoms with Crippen LogP contribution in [0, 0.1) is 6.92 Å². The van der Waals surface area contributed by atoms with E-state index in [0.717, 1.165) is 16.0 Å². The van der Waals surface area contributed by atoms with Gasteiger partial charge < -0.3 is 0 Å². The maximum absolute atomic E-state index is 4.20. The normalized spacial score (nSPS) is 8.67. The molecule has 3 heteroatoms. The molecule has 1 aromatic rings. The first-order chi connectivity index (χ1) is 3.83. The lowest BCUT2D eigenvalue weighted by molar-refractivity contribution is 1.19. The molecule has 52 valence electrons. The van der Waals surface area contributed by atoms with E-state index in [-0.39, 0.29) is 7.43 Å². The van der Waals surface area contributed by atoms with Crippen LogP contribution in [0.2, 0.25) is 0 Å². The Bertz CT molecular complexity index is 173. The molecule has 0 aromatic carbocycles. The number of aryl methyl sites for hydroxylation is 1. The van der Waals surface area contributed by atoms with Gasteiger partial charge in [0.25, 0.3) is 0 Å². The summed E-state index contributed by atoms with van der Waals surface area (Å²) in [5.74, 6) is 0. The molecule has 0 atom stereocenters. The predicted octanol–water partition coefficient (Wildman–Crippen LogP) is 2.98. The molecule has 0 bridgehead atoms. The summed E-state index contributed by atoms with van der Waals surface area (Å²) in [7, 11) is 0. The van der Waals surface area contributed by atoms with Gasteiger partial charge in [-0.05, 0) is 6.92 Å². The number of hydrogen-bond donors (Lipinski definition) is 0. The predicted molar refractivity (Wildman–Crippen MR) is 46.2 cm³/mol. The smallest absolute Gasteiger partial charge is 0.0897 e. The first-order valence-corrected chi connectivity index (χ1v) is 4.30. The zero-order valence-electron chi connectivity index (χ0n) is 4.52. The van der Waals surface area contributed by atoms with Gasteiger partial charge in [0.15, 0.2) is 0 Å². The highest BCUT2D eigenvalue weighted by Gasteiger charge is 1.92. The van der Waals surface area contributed by atoms with E-state index in [0.29, 0.717) is 0 Å². The fourth-order valence-corrected chi connectivity index (χ4v) is 1.58. The first-order valence-electron chi connectivity index (χ1n) is 2.30. The Balaban J connectivity index is 0.000000640. The number of hydrogen-bond acceptors (Lipinski definition) is 2. The van der Waals surface area contributed by atoms with Gasteiger partial charge in [-0.15, -0.1) is 11.3 Å². The zero-order valence-corrected chi connectivity index (χ0v) is 6.92. The third-order valence-electron chi connectivity index (χ3n) is 0.803. The van der Waals surface area contributed by atoms with Crippen molar-refractivity contribution in [3.05, 3.63) is 16.1 Å². The second-order valence-electron chi connectivity index (χ2n) is 1.49. The largest absolute Gasteiger partial charge is 0.246 e. The second kappa shape index (κ2) is 4.01. The van der Waals surface area contributed by atoms with E-state index in [4.69, 9.17) is 0 Å². The number of nitrogens with zero attached hydrogens (tertiary/aromatic N) is 1. The minimum atomic E-state index is 0. The molecule has 0 saturated heterocycles. The summed E-state index contributed by atoms with van der Waals surface area (Å²) < 4.78 is 0. The highest BCUT2D eigenvalue weighted by molar-refractivity contribution is 9.08. The molecule has 0 unspecified atom stereocenters. The molecule has 1 heterocycles. The van der Waals surface area contributed by atoms with Crippen molar-refractivity contribution in [1.82, 2.24) is 4.98 Å². The van der Waals surface area contributed by atoms with Crippen molar-refractivity contribution in [2.45, 2.75) is 19.7 Å². The molecule has 0 N–H and O–H groups in total. The van der Waals surface area contributed by atoms with Crippen LogP contribution in [0.4, 0.5) is 0 Å². The molecule has 0 aliphatic rings. The van der Waals surface area contributed by atoms with Gasteiger partial charge in [0.05, 0.1) is 10.7 Å². The van der Waals surface area contributed by atoms with Gasteiger partial charge in [-0.1, -0.05) is 23.4 Å². The van der Waals surface area contributed by atoms with E-state index in [2.05, 4.69) is 26.3 Å². The van der Waals surface area contributed by atoms with Crippen LogP contribution in [0.25, 0.3) is 0 Å². The standard InChI is InChI=1S/C5H6BrNS.CH4/c1-4-7-5(2-6)3-8-4;/h3H,2H2,1H3;1H4. The molecule has 0 spiro atoms. The number of halogens is 1. The maximum atomic E-state index is 4.20. The van der Waals surface area contributed by atoms with E-state index in [9.17, 15) is 0 Å². The third-order valence-corrected chi connectivity index (χ3v) is 2.20. The van der Waals surface area contributed by atoms with Crippen LogP contribution in [0.15, 0.2) is 5.38 Å². The Kier molecular flexibility index (Phi) is 4.06. The van der Waals surface area contributed by atoms with Crippen molar-refractivity contribution >= 4 is 27.3 Å². The van der Waals surface area contributed by atoms with Crippen LogP contribution in [0.5, 0.6) is 0 Å². The van der Waals surface area contributed by atoms with E-state index in [1.165, 1.54) is 0 Å². The molecule has 0 radical (unpaired) electrons. The van der Waals surface area contributed by atoms with Gasteiger partial charge in [0, 0.05) is 10.7 Å². The maximum Gasteiger partial charge on any atom is 0.0897 e. The Labute approximate surface area is 68.3 Å². The highest BCUT2D eigenvalue weighted by atomic mass is 79.9. The van der Waals surface area contributed by atoms with E-state index in [1.54, 1.807) is 11.3 Å². The van der Waals surface area contributed by atoms with Crippen molar-refractivity contribution in [1.29, 1.82) is 0 Å². The topological polar surface area (TPSA) is 12.9 Å². The van der Waals surface area contributed by atoms with Gasteiger partial charge in [-0.3, -0.25) is 0 Å². The quantitative estimate of drug-likeness (QED) is 0.646. The van der Waals surface area contributed by atoms with Crippen molar-refractivity contribution in [3.63, 3.8) is 0 Å². The lowest BCUT2D eigenvalue weighted by Gasteiger charge is -1.78. The lowest BCUT2D eigenvalue weighted by Crippen LogP contribution is -1.73. The monoisotopic (exact) mass is 207 g/mol. The molecule has 9 heavy (non-hydrogen) atoms. The minimum absolute atomic E-state index is 0. The second-order valence-corrected chi connectivity index (χ2v) is 3.11. The molecular weight excluding hydrogens is 198 g/mol. The molecule has 1 aromatic heterocycles. The molecular formula is C6H10BrNS. The molecule has 0 saturated carbocycles. The Morgan fingerprint density at radius 3 is 2.67 bits per heavy atom. The van der Waals surface area contributed by atoms with Crippen molar-refractivity contribution in [2.24, 2.45) is 0 Å². The number of thiazole rings is 1. The van der Waals surface area contributed by atoms with Gasteiger partial charge in [-0.2, -0.15) is 0 Å². The summed E-state index contributed by atoms with van der Waals surface area (Å²) in [6.07, 6.45) is 0. The van der Waals surface area contributed by atoms with E-state index < -0.39 is 0 Å². The fraction of sp³-hybridized carbons (Fsp3) is 0.500. The van der Waals surface area contributed by atoms with Crippen LogP contribution in [0.1, 0.15) is 18.1 Å². The van der Waals surface area contributed by atoms with Gasteiger partial charge in [0.1, 0.15) is 0 Å². The van der Waals surface area contributed by atoms with E-state index in [1.807, 2.05) is 6.92 Å². The summed E-state index contributed by atoms with van der Waals surface area (Å²) in [6, 6.07) is 0. The number of rotatable bonds is 1. The first kappa shape index (κ1) is 9.11. The van der Waals surface area contributed by atoms with E-state index >= 15 is 0 Å². The van der Waals surface area contributed by atoms with Gasteiger partial charge in [-0.25, -0.2) is 4.98 Å². The summed E-state index contributed by atoms with van der Waals surface area (Å²) in [6.45, 7) is 2.01. The van der Waals surface area contributed by atoms with Crippen molar-refractivity contribution in [2.75, 3.05) is 0 Å². The average molecular weight is 208 g/mol. The summed E-state index contributed by atoms with van der Waals surface area (Å²) in [5.41, 5.74) is 1.13. The molecule has 0 aliphatic heterocycles. The molecule has 1 nitrogen and oxygen atoms in total. The SMILES string of the molecule is C.Cc1nc(CBr)cs1. The summed E-state index contributed by atoms with van der Waals surface area (Å²) in [4.78, 5) is 4.20. The lowest BCUT2D eigenvalue weighted by atomic mass is 10.6. The van der Waals surface area contributed by atoms with Crippen LogP contribution in [-0.2, 0) is 5.33 Å². The Hall–Kier alpha value is 0.110. The van der Waals surface area contributed by atoms with Crippen LogP contribution in [0.3, 0.4) is 0 Å². The van der Waals surface area contributed by atoms with Crippen molar-refractivity contribution in [3.8, 4) is 0 Å². The molecule has 0 amide bonds. The average Bonchev–Trinajstić information content (AvgIpc) is 2.14. The zero-order chi connectivity index (χ0) is 5.98. The van der Waals surface area contributed by atoms with Crippen LogP contribution >= 0.6 is 27.3 Å². The van der Waals surface area contributed by atoms with Crippen LogP contribution < -0.4 is 0 Å². The third kappa shape index (κ3) is 2.45. The highest BCUT2D eigenvalue weighted by Crippen LogP contribution is 2.09.